The van der Waals surface area contributed by atoms with Gasteiger partial charge in [-0.2, -0.15) is 5.26 Å². The second kappa shape index (κ2) is 6.42. The maximum absolute atomic E-state index is 12.3. The van der Waals surface area contributed by atoms with Gasteiger partial charge in [0.05, 0.1) is 17.3 Å². The van der Waals surface area contributed by atoms with Crippen molar-refractivity contribution >= 4 is 22.4 Å². The molecule has 1 heterocycles. The number of aryl methyl sites for hydroxylation is 1. The molecule has 0 fully saturated rings. The van der Waals surface area contributed by atoms with E-state index < -0.39 is 0 Å². The Hall–Kier alpha value is -2.97. The summed E-state index contributed by atoms with van der Waals surface area (Å²) in [4.78, 5) is 16.7. The minimum absolute atomic E-state index is 0.163. The summed E-state index contributed by atoms with van der Waals surface area (Å²) in [6, 6.07) is 16.7. The summed E-state index contributed by atoms with van der Waals surface area (Å²) in [5.74, 6) is -0.163. The Morgan fingerprint density at radius 2 is 1.91 bits per heavy atom. The number of nitrogens with zero attached hydrogens (tertiary/aromatic N) is 2. The molecule has 4 nitrogen and oxygen atoms in total. The van der Waals surface area contributed by atoms with Crippen molar-refractivity contribution in [2.45, 2.75) is 6.92 Å². The second-order valence-corrected chi connectivity index (χ2v) is 5.85. The number of amides is 1. The van der Waals surface area contributed by atoms with E-state index in [0.29, 0.717) is 16.3 Å². The fourth-order valence-electron chi connectivity index (χ4n) is 2.17. The van der Waals surface area contributed by atoms with Gasteiger partial charge in [0.1, 0.15) is 0 Å². The molecule has 0 radical (unpaired) electrons. The Labute approximate surface area is 138 Å². The van der Waals surface area contributed by atoms with Crippen LogP contribution in [0.4, 0.5) is 5.13 Å². The van der Waals surface area contributed by atoms with Crippen LogP contribution in [-0.2, 0) is 0 Å². The number of carbonyl (C=O) groups is 1. The molecule has 1 aromatic heterocycles. The molecule has 1 amide bonds. The smallest absolute Gasteiger partial charge is 0.257 e. The van der Waals surface area contributed by atoms with Gasteiger partial charge < -0.3 is 0 Å². The fraction of sp³-hybridized carbons (Fsp3) is 0.0556. The van der Waals surface area contributed by atoms with Gasteiger partial charge in [-0.25, -0.2) is 4.98 Å². The van der Waals surface area contributed by atoms with Gasteiger partial charge in [-0.3, -0.25) is 10.1 Å². The number of aromatic nitrogens is 1. The molecule has 2 aromatic carbocycles. The quantitative estimate of drug-likeness (QED) is 0.785. The zero-order chi connectivity index (χ0) is 16.2. The number of hydrogen-bond donors (Lipinski definition) is 1. The number of nitriles is 1. The largest absolute Gasteiger partial charge is 0.298 e. The van der Waals surface area contributed by atoms with Crippen LogP contribution in [0.15, 0.2) is 53.9 Å². The van der Waals surface area contributed by atoms with Gasteiger partial charge in [0.15, 0.2) is 5.13 Å². The summed E-state index contributed by atoms with van der Waals surface area (Å²) in [6.07, 6.45) is 0. The van der Waals surface area contributed by atoms with E-state index in [9.17, 15) is 4.79 Å². The van der Waals surface area contributed by atoms with Gasteiger partial charge in [-0.15, -0.1) is 11.3 Å². The molecule has 1 N–H and O–H groups in total. The van der Waals surface area contributed by atoms with Crippen molar-refractivity contribution in [3.8, 4) is 17.3 Å². The minimum atomic E-state index is -0.163. The van der Waals surface area contributed by atoms with E-state index in [1.165, 1.54) is 11.3 Å². The third-order valence-corrected chi connectivity index (χ3v) is 4.18. The number of carbonyl (C=O) groups excluding carboxylic acids is 1. The van der Waals surface area contributed by atoms with Crippen LogP contribution in [0.3, 0.4) is 0 Å². The minimum Gasteiger partial charge on any atom is -0.298 e. The van der Waals surface area contributed by atoms with E-state index in [-0.39, 0.29) is 5.91 Å². The SMILES string of the molecule is Cc1ccccc1C(=O)Nc1nc(-c2ccc(C#N)cc2)cs1. The van der Waals surface area contributed by atoms with Gasteiger partial charge in [0, 0.05) is 16.5 Å². The van der Waals surface area contributed by atoms with Crippen LogP contribution in [0, 0.1) is 18.3 Å². The molecular formula is C18H13N3OS. The highest BCUT2D eigenvalue weighted by Gasteiger charge is 2.11. The summed E-state index contributed by atoms with van der Waals surface area (Å²) < 4.78 is 0. The first-order valence-electron chi connectivity index (χ1n) is 7.00. The zero-order valence-electron chi connectivity index (χ0n) is 12.4. The van der Waals surface area contributed by atoms with Crippen LogP contribution in [0.5, 0.6) is 0 Å². The Balaban J connectivity index is 1.78. The molecule has 0 unspecified atom stereocenters. The molecule has 0 aliphatic carbocycles. The van der Waals surface area contributed by atoms with E-state index in [0.717, 1.165) is 16.8 Å². The number of anilines is 1. The molecule has 5 heteroatoms. The fourth-order valence-corrected chi connectivity index (χ4v) is 2.89. The average molecular weight is 319 g/mol. The number of hydrogen-bond acceptors (Lipinski definition) is 4. The van der Waals surface area contributed by atoms with Crippen molar-refractivity contribution in [3.63, 3.8) is 0 Å². The highest BCUT2D eigenvalue weighted by atomic mass is 32.1. The molecule has 112 valence electrons. The molecule has 0 aliphatic rings. The van der Waals surface area contributed by atoms with Gasteiger partial charge in [-0.1, -0.05) is 30.3 Å². The van der Waals surface area contributed by atoms with E-state index in [1.807, 2.05) is 42.6 Å². The lowest BCUT2D eigenvalue weighted by Gasteiger charge is -2.04. The van der Waals surface area contributed by atoms with Crippen LogP contribution < -0.4 is 5.32 Å². The Morgan fingerprint density at radius 1 is 1.17 bits per heavy atom. The van der Waals surface area contributed by atoms with Crippen molar-refractivity contribution in [2.24, 2.45) is 0 Å². The highest BCUT2D eigenvalue weighted by molar-refractivity contribution is 7.14. The average Bonchev–Trinajstić information content (AvgIpc) is 3.03. The summed E-state index contributed by atoms with van der Waals surface area (Å²) in [5, 5.41) is 14.1. The normalized spacial score (nSPS) is 10.1. The van der Waals surface area contributed by atoms with Crippen molar-refractivity contribution in [2.75, 3.05) is 5.32 Å². The molecule has 0 saturated carbocycles. The lowest BCUT2D eigenvalue weighted by molar-refractivity contribution is 0.102. The van der Waals surface area contributed by atoms with Crippen molar-refractivity contribution < 1.29 is 4.79 Å². The molecule has 0 spiro atoms. The van der Waals surface area contributed by atoms with Crippen LogP contribution in [0.25, 0.3) is 11.3 Å². The summed E-state index contributed by atoms with van der Waals surface area (Å²) in [5.41, 5.74) is 3.87. The highest BCUT2D eigenvalue weighted by Crippen LogP contribution is 2.25. The van der Waals surface area contributed by atoms with Crippen molar-refractivity contribution in [1.82, 2.24) is 4.98 Å². The predicted molar refractivity (Wildman–Crippen MR) is 91.4 cm³/mol. The van der Waals surface area contributed by atoms with Gasteiger partial charge in [0.25, 0.3) is 5.91 Å². The monoisotopic (exact) mass is 319 g/mol. The maximum Gasteiger partial charge on any atom is 0.257 e. The van der Waals surface area contributed by atoms with Crippen molar-refractivity contribution in [1.29, 1.82) is 5.26 Å². The van der Waals surface area contributed by atoms with E-state index in [1.54, 1.807) is 18.2 Å². The number of rotatable bonds is 3. The third kappa shape index (κ3) is 3.28. The number of benzene rings is 2. The third-order valence-electron chi connectivity index (χ3n) is 3.42. The maximum atomic E-state index is 12.3. The molecule has 23 heavy (non-hydrogen) atoms. The van der Waals surface area contributed by atoms with Crippen LogP contribution in [0.1, 0.15) is 21.5 Å². The summed E-state index contributed by atoms with van der Waals surface area (Å²) in [6.45, 7) is 1.90. The Bertz CT molecular complexity index is 891. The zero-order valence-corrected chi connectivity index (χ0v) is 13.2. The first-order chi connectivity index (χ1) is 11.2. The Morgan fingerprint density at radius 3 is 2.61 bits per heavy atom. The molecule has 0 saturated heterocycles. The van der Waals surface area contributed by atoms with Gasteiger partial charge >= 0.3 is 0 Å². The van der Waals surface area contributed by atoms with Gasteiger partial charge in [-0.05, 0) is 30.7 Å². The summed E-state index contributed by atoms with van der Waals surface area (Å²) >= 11 is 1.38. The van der Waals surface area contributed by atoms with Gasteiger partial charge in [0.2, 0.25) is 0 Å². The molecule has 0 atom stereocenters. The van der Waals surface area contributed by atoms with E-state index in [2.05, 4.69) is 16.4 Å². The number of thiazole rings is 1. The van der Waals surface area contributed by atoms with Crippen LogP contribution >= 0.6 is 11.3 Å². The standard InChI is InChI=1S/C18H13N3OS/c1-12-4-2-3-5-15(12)17(22)21-18-20-16(11-23-18)14-8-6-13(10-19)7-9-14/h2-9,11H,1H3,(H,20,21,22). The molecule has 3 aromatic rings. The van der Waals surface area contributed by atoms with Crippen LogP contribution in [0.2, 0.25) is 0 Å². The first kappa shape index (κ1) is 14.9. The lowest BCUT2D eigenvalue weighted by Crippen LogP contribution is -2.12. The predicted octanol–water partition coefficient (Wildman–Crippen LogP) is 4.24. The topological polar surface area (TPSA) is 65.8 Å². The molecule has 3 rings (SSSR count). The molecule has 0 bridgehead atoms. The van der Waals surface area contributed by atoms with E-state index >= 15 is 0 Å². The second-order valence-electron chi connectivity index (χ2n) is 5.00. The van der Waals surface area contributed by atoms with Crippen molar-refractivity contribution in [3.05, 3.63) is 70.6 Å². The molecule has 0 aliphatic heterocycles. The summed E-state index contributed by atoms with van der Waals surface area (Å²) in [7, 11) is 0. The first-order valence-corrected chi connectivity index (χ1v) is 7.88. The Kier molecular flexibility index (Phi) is 4.18. The number of nitrogens with one attached hydrogen (secondary N) is 1. The van der Waals surface area contributed by atoms with E-state index in [4.69, 9.17) is 5.26 Å². The lowest BCUT2D eigenvalue weighted by atomic mass is 10.1. The molecular weight excluding hydrogens is 306 g/mol. The van der Waals surface area contributed by atoms with Crippen LogP contribution in [-0.4, -0.2) is 10.9 Å².